The number of halogens is 1. The van der Waals surface area contributed by atoms with Gasteiger partial charge in [0.2, 0.25) is 11.8 Å². The second kappa shape index (κ2) is 15.4. The zero-order valence-electron chi connectivity index (χ0n) is 21.5. The van der Waals surface area contributed by atoms with Crippen molar-refractivity contribution >= 4 is 29.5 Å². The first-order valence-corrected chi connectivity index (χ1v) is 13.4. The third-order valence-electron chi connectivity index (χ3n) is 6.56. The molecule has 3 unspecified atom stereocenters. The van der Waals surface area contributed by atoms with Gasteiger partial charge in [-0.2, -0.15) is 0 Å². The minimum atomic E-state index is -0.460. The van der Waals surface area contributed by atoms with Crippen molar-refractivity contribution in [3.8, 4) is 0 Å². The summed E-state index contributed by atoms with van der Waals surface area (Å²) < 4.78 is 5.17. The molecule has 0 saturated heterocycles. The zero-order chi connectivity index (χ0) is 26.5. The van der Waals surface area contributed by atoms with Gasteiger partial charge < -0.3 is 25.8 Å². The maximum Gasteiger partial charge on any atom is 0.415 e. The van der Waals surface area contributed by atoms with E-state index >= 15 is 0 Å². The highest BCUT2D eigenvalue weighted by molar-refractivity contribution is 6.25. The fourth-order valence-corrected chi connectivity index (χ4v) is 4.70. The SMILES string of the molecule is C=C(/C(O)=C/Cl)C(CCCC)NC(=O)CNC(=O)C1CCCC(NC2=CCCCN2C(=O)OCC)C1. The molecule has 1 saturated carbocycles. The molecule has 9 nitrogen and oxygen atoms in total. The number of nitrogens with zero attached hydrogens (tertiary/aromatic N) is 1. The topological polar surface area (TPSA) is 120 Å². The fraction of sp³-hybridized carbons (Fsp3) is 0.654. The van der Waals surface area contributed by atoms with E-state index in [0.29, 0.717) is 31.6 Å². The number of hydrogen-bond acceptors (Lipinski definition) is 6. The van der Waals surface area contributed by atoms with Gasteiger partial charge in [0.25, 0.3) is 0 Å². The second-order valence-electron chi connectivity index (χ2n) is 9.29. The monoisotopic (exact) mass is 524 g/mol. The molecule has 10 heteroatoms. The van der Waals surface area contributed by atoms with Crippen LogP contribution < -0.4 is 16.0 Å². The number of ether oxygens (including phenoxy) is 1. The van der Waals surface area contributed by atoms with Gasteiger partial charge >= 0.3 is 6.09 Å². The Morgan fingerprint density at radius 2 is 2.08 bits per heavy atom. The molecule has 0 bridgehead atoms. The van der Waals surface area contributed by atoms with Crippen molar-refractivity contribution in [3.05, 3.63) is 35.3 Å². The number of amides is 3. The summed E-state index contributed by atoms with van der Waals surface area (Å²) in [5.41, 5.74) is 1.37. The molecule has 36 heavy (non-hydrogen) atoms. The molecule has 3 atom stereocenters. The van der Waals surface area contributed by atoms with Crippen molar-refractivity contribution in [2.45, 2.75) is 83.7 Å². The van der Waals surface area contributed by atoms with Crippen LogP contribution in [0.1, 0.15) is 71.6 Å². The third-order valence-corrected chi connectivity index (χ3v) is 6.76. The van der Waals surface area contributed by atoms with E-state index in [2.05, 4.69) is 22.5 Å². The molecular formula is C26H41ClN4O5. The van der Waals surface area contributed by atoms with Gasteiger partial charge in [-0.1, -0.05) is 44.4 Å². The van der Waals surface area contributed by atoms with E-state index in [1.807, 2.05) is 13.0 Å². The van der Waals surface area contributed by atoms with Crippen molar-refractivity contribution < 1.29 is 24.2 Å². The Hall–Kier alpha value is -2.68. The van der Waals surface area contributed by atoms with Gasteiger partial charge in [-0.15, -0.1) is 0 Å². The van der Waals surface area contributed by atoms with Crippen LogP contribution in [-0.4, -0.2) is 59.7 Å². The number of nitrogens with one attached hydrogen (secondary N) is 3. The zero-order valence-corrected chi connectivity index (χ0v) is 22.2. The molecule has 0 aromatic carbocycles. The van der Waals surface area contributed by atoms with Crippen LogP contribution >= 0.6 is 11.6 Å². The van der Waals surface area contributed by atoms with Crippen molar-refractivity contribution in [1.29, 1.82) is 0 Å². The van der Waals surface area contributed by atoms with Crippen LogP contribution in [0.15, 0.2) is 35.3 Å². The summed E-state index contributed by atoms with van der Waals surface area (Å²) in [4.78, 5) is 39.3. The van der Waals surface area contributed by atoms with Gasteiger partial charge in [0.15, 0.2) is 0 Å². The number of rotatable bonds is 12. The van der Waals surface area contributed by atoms with Crippen molar-refractivity contribution in [3.63, 3.8) is 0 Å². The number of aliphatic hydroxyl groups is 1. The first-order chi connectivity index (χ1) is 17.3. The molecule has 1 fully saturated rings. The summed E-state index contributed by atoms with van der Waals surface area (Å²) in [5, 5.41) is 18.9. The summed E-state index contributed by atoms with van der Waals surface area (Å²) in [6.07, 6.45) is 8.93. The van der Waals surface area contributed by atoms with Gasteiger partial charge in [0, 0.05) is 29.6 Å². The van der Waals surface area contributed by atoms with E-state index in [9.17, 15) is 19.5 Å². The molecule has 4 N–H and O–H groups in total. The van der Waals surface area contributed by atoms with E-state index in [4.69, 9.17) is 16.3 Å². The molecule has 1 aliphatic heterocycles. The number of carbonyl (C=O) groups excluding carboxylic acids is 3. The number of allylic oxidation sites excluding steroid dienone is 1. The maximum absolute atomic E-state index is 12.8. The van der Waals surface area contributed by atoms with Crippen LogP contribution in [0.3, 0.4) is 0 Å². The number of aliphatic hydroxyl groups excluding tert-OH is 1. The van der Waals surface area contributed by atoms with Crippen molar-refractivity contribution in [2.75, 3.05) is 19.7 Å². The van der Waals surface area contributed by atoms with Gasteiger partial charge in [-0.25, -0.2) is 4.79 Å². The molecule has 1 heterocycles. The van der Waals surface area contributed by atoms with Crippen molar-refractivity contribution in [2.24, 2.45) is 5.92 Å². The van der Waals surface area contributed by atoms with Crippen LogP contribution in [0.4, 0.5) is 4.79 Å². The highest BCUT2D eigenvalue weighted by Crippen LogP contribution is 2.26. The molecular weight excluding hydrogens is 484 g/mol. The number of unbranched alkanes of at least 4 members (excludes halogenated alkanes) is 1. The Morgan fingerprint density at radius 3 is 2.78 bits per heavy atom. The lowest BCUT2D eigenvalue weighted by Crippen LogP contribution is -2.47. The van der Waals surface area contributed by atoms with E-state index in [1.165, 1.54) is 0 Å². The summed E-state index contributed by atoms with van der Waals surface area (Å²) >= 11 is 5.58. The lowest BCUT2D eigenvalue weighted by Gasteiger charge is -2.35. The molecule has 0 spiro atoms. The molecule has 0 aromatic rings. The number of hydrogen-bond donors (Lipinski definition) is 4. The van der Waals surface area contributed by atoms with E-state index in [0.717, 1.165) is 56.3 Å². The summed E-state index contributed by atoms with van der Waals surface area (Å²) in [6, 6.07) is -0.407. The highest BCUT2D eigenvalue weighted by atomic mass is 35.5. The largest absolute Gasteiger partial charge is 0.507 e. The van der Waals surface area contributed by atoms with Crippen LogP contribution in [0.5, 0.6) is 0 Å². The minimum absolute atomic E-state index is 0.0525. The first-order valence-electron chi connectivity index (χ1n) is 13.0. The Labute approximate surface area is 219 Å². The van der Waals surface area contributed by atoms with Gasteiger partial charge in [-0.3, -0.25) is 14.5 Å². The molecule has 2 aliphatic rings. The lowest BCUT2D eigenvalue weighted by molar-refractivity contribution is -0.129. The predicted octanol–water partition coefficient (Wildman–Crippen LogP) is 4.21. The average Bonchev–Trinajstić information content (AvgIpc) is 2.89. The molecule has 0 radical (unpaired) electrons. The maximum atomic E-state index is 12.8. The highest BCUT2D eigenvalue weighted by Gasteiger charge is 2.30. The van der Waals surface area contributed by atoms with Gasteiger partial charge in [0.05, 0.1) is 19.2 Å². The van der Waals surface area contributed by atoms with Gasteiger partial charge in [0.1, 0.15) is 11.6 Å². The lowest BCUT2D eigenvalue weighted by atomic mass is 9.85. The normalized spacial score (nSPS) is 21.1. The van der Waals surface area contributed by atoms with Crippen molar-refractivity contribution in [1.82, 2.24) is 20.9 Å². The standard InChI is InChI=1S/C26H41ClN4O5/c1-4-6-12-21(18(3)22(32)16-27)30-24(33)17-28-25(34)19-10-9-11-20(15-19)29-23-13-7-8-14-31(23)26(35)36-5-2/h13,16,19-21,29,32H,3-12,14-15,17H2,1-2H3,(H,28,34)(H,30,33)/b22-16-. The molecule has 1 aliphatic carbocycles. The Balaban J connectivity index is 1.87. The van der Waals surface area contributed by atoms with Crippen LogP contribution in [0, 0.1) is 5.92 Å². The molecule has 3 amide bonds. The first kappa shape index (κ1) is 29.5. The van der Waals surface area contributed by atoms with Crippen LogP contribution in [0.25, 0.3) is 0 Å². The smallest absolute Gasteiger partial charge is 0.415 e. The molecule has 2 rings (SSSR count). The summed E-state index contributed by atoms with van der Waals surface area (Å²) in [5.74, 6) is -0.159. The van der Waals surface area contributed by atoms with E-state index in [-0.39, 0.29) is 42.2 Å². The predicted molar refractivity (Wildman–Crippen MR) is 140 cm³/mol. The molecule has 202 valence electrons. The van der Waals surface area contributed by atoms with Gasteiger partial charge in [-0.05, 0) is 51.5 Å². The van der Waals surface area contributed by atoms with Crippen LogP contribution in [0.2, 0.25) is 0 Å². The minimum Gasteiger partial charge on any atom is -0.507 e. The summed E-state index contributed by atoms with van der Waals surface area (Å²) in [6.45, 7) is 8.42. The van der Waals surface area contributed by atoms with E-state index in [1.54, 1.807) is 11.8 Å². The Morgan fingerprint density at radius 1 is 1.31 bits per heavy atom. The third kappa shape index (κ3) is 9.08. The summed E-state index contributed by atoms with van der Waals surface area (Å²) in [7, 11) is 0. The fourth-order valence-electron chi connectivity index (χ4n) is 4.56. The second-order valence-corrected chi connectivity index (χ2v) is 9.50. The van der Waals surface area contributed by atoms with Crippen LogP contribution in [-0.2, 0) is 14.3 Å². The molecule has 0 aromatic heterocycles. The number of carbonyl (C=O) groups is 3. The average molecular weight is 525 g/mol. The quantitative estimate of drug-likeness (QED) is 0.224. The Bertz CT molecular complexity index is 844. The van der Waals surface area contributed by atoms with E-state index < -0.39 is 6.04 Å². The Kier molecular flexibility index (Phi) is 12.7.